The second-order valence-electron chi connectivity index (χ2n) is 5.17. The molecule has 0 amide bonds. The number of aryl methyl sites for hydroxylation is 1. The first kappa shape index (κ1) is 11.3. The fourth-order valence-electron chi connectivity index (χ4n) is 2.73. The molecule has 1 aliphatic rings. The van der Waals surface area contributed by atoms with Crippen LogP contribution in [-0.4, -0.2) is 17.1 Å². The lowest BCUT2D eigenvalue weighted by Crippen LogP contribution is -2.15. The predicted octanol–water partition coefficient (Wildman–Crippen LogP) is 3.31. The number of aromatic hydroxyl groups is 1. The molecule has 0 aromatic heterocycles. The van der Waals surface area contributed by atoms with E-state index >= 15 is 0 Å². The van der Waals surface area contributed by atoms with Gasteiger partial charge in [0.25, 0.3) is 0 Å². The molecule has 1 heterocycles. The van der Waals surface area contributed by atoms with Crippen LogP contribution < -0.4 is 0 Å². The zero-order chi connectivity index (χ0) is 12.7. The molecule has 1 aliphatic heterocycles. The van der Waals surface area contributed by atoms with Gasteiger partial charge in [0.2, 0.25) is 0 Å². The van der Waals surface area contributed by atoms with Crippen LogP contribution in [0.2, 0.25) is 0 Å². The summed E-state index contributed by atoms with van der Waals surface area (Å²) in [6, 6.07) is 12.3. The molecule has 0 radical (unpaired) electrons. The van der Waals surface area contributed by atoms with Crippen LogP contribution in [0, 0.1) is 6.92 Å². The highest BCUT2D eigenvalue weighted by Crippen LogP contribution is 2.34. The Kier molecular flexibility index (Phi) is 2.60. The molecule has 0 atom stereocenters. The molecule has 2 aromatic carbocycles. The third kappa shape index (κ3) is 1.89. The minimum Gasteiger partial charge on any atom is -0.508 e. The molecule has 2 aromatic rings. The van der Waals surface area contributed by atoms with Gasteiger partial charge in [-0.05, 0) is 48.4 Å². The fourth-order valence-corrected chi connectivity index (χ4v) is 2.73. The van der Waals surface area contributed by atoms with Crippen molar-refractivity contribution < 1.29 is 5.11 Å². The van der Waals surface area contributed by atoms with Crippen molar-refractivity contribution in [1.29, 1.82) is 0 Å². The Balaban J connectivity index is 2.25. The highest BCUT2D eigenvalue weighted by molar-refractivity contribution is 5.72. The number of phenols is 1. The van der Waals surface area contributed by atoms with E-state index in [4.69, 9.17) is 0 Å². The molecule has 0 unspecified atom stereocenters. The Morgan fingerprint density at radius 1 is 0.944 bits per heavy atom. The Bertz CT molecular complexity index is 551. The van der Waals surface area contributed by atoms with Gasteiger partial charge < -0.3 is 5.11 Å². The molecular weight excluding hydrogens is 222 g/mol. The molecule has 18 heavy (non-hydrogen) atoms. The summed E-state index contributed by atoms with van der Waals surface area (Å²) in [5, 5.41) is 9.64. The molecule has 0 bridgehead atoms. The molecular formula is C16H17NO. The lowest BCUT2D eigenvalue weighted by Gasteiger charge is -2.14. The zero-order valence-electron chi connectivity index (χ0n) is 10.8. The van der Waals surface area contributed by atoms with Crippen LogP contribution in [-0.2, 0) is 13.1 Å². The highest BCUT2D eigenvalue weighted by atomic mass is 16.3. The number of fused-ring (bicyclic) bond motifs is 3. The van der Waals surface area contributed by atoms with E-state index in [1.807, 2.05) is 12.1 Å². The summed E-state index contributed by atoms with van der Waals surface area (Å²) in [7, 11) is 2.12. The van der Waals surface area contributed by atoms with Crippen molar-refractivity contribution in [3.63, 3.8) is 0 Å². The molecule has 0 saturated heterocycles. The van der Waals surface area contributed by atoms with Gasteiger partial charge in [-0.1, -0.05) is 29.8 Å². The van der Waals surface area contributed by atoms with E-state index < -0.39 is 0 Å². The van der Waals surface area contributed by atoms with E-state index in [0.29, 0.717) is 5.75 Å². The van der Waals surface area contributed by atoms with Gasteiger partial charge in [-0.15, -0.1) is 0 Å². The van der Waals surface area contributed by atoms with E-state index in [2.05, 4.69) is 37.1 Å². The number of hydrogen-bond donors (Lipinski definition) is 1. The summed E-state index contributed by atoms with van der Waals surface area (Å²) in [6.45, 7) is 3.95. The summed E-state index contributed by atoms with van der Waals surface area (Å²) >= 11 is 0. The second kappa shape index (κ2) is 4.14. The SMILES string of the molecule is Cc1ccc2c(c1)CN(C)Cc1cc(O)ccc1-2. The van der Waals surface area contributed by atoms with Gasteiger partial charge in [0, 0.05) is 13.1 Å². The van der Waals surface area contributed by atoms with Crippen LogP contribution in [0.3, 0.4) is 0 Å². The van der Waals surface area contributed by atoms with Crippen molar-refractivity contribution in [3.05, 3.63) is 53.1 Å². The first-order valence-electron chi connectivity index (χ1n) is 6.24. The summed E-state index contributed by atoms with van der Waals surface area (Å²) < 4.78 is 0. The Labute approximate surface area is 107 Å². The fraction of sp³-hybridized carbons (Fsp3) is 0.250. The van der Waals surface area contributed by atoms with Crippen LogP contribution >= 0.6 is 0 Å². The Morgan fingerprint density at radius 3 is 2.28 bits per heavy atom. The second-order valence-corrected chi connectivity index (χ2v) is 5.17. The van der Waals surface area contributed by atoms with Crippen LogP contribution in [0.4, 0.5) is 0 Å². The van der Waals surface area contributed by atoms with Gasteiger partial charge in [0.1, 0.15) is 5.75 Å². The molecule has 0 saturated carbocycles. The molecule has 2 heteroatoms. The normalized spacial score (nSPS) is 14.8. The summed E-state index contributed by atoms with van der Waals surface area (Å²) in [5.41, 5.74) is 6.39. The maximum atomic E-state index is 9.64. The van der Waals surface area contributed by atoms with Gasteiger partial charge >= 0.3 is 0 Å². The number of phenolic OH excluding ortho intramolecular Hbond substituents is 1. The largest absolute Gasteiger partial charge is 0.508 e. The van der Waals surface area contributed by atoms with E-state index in [1.165, 1.54) is 27.8 Å². The quantitative estimate of drug-likeness (QED) is 0.762. The first-order valence-corrected chi connectivity index (χ1v) is 6.24. The lowest BCUT2D eigenvalue weighted by atomic mass is 9.95. The van der Waals surface area contributed by atoms with Crippen molar-refractivity contribution in [2.75, 3.05) is 7.05 Å². The number of benzene rings is 2. The van der Waals surface area contributed by atoms with E-state index in [-0.39, 0.29) is 0 Å². The van der Waals surface area contributed by atoms with Crippen molar-refractivity contribution in [1.82, 2.24) is 4.90 Å². The summed E-state index contributed by atoms with van der Waals surface area (Å²) in [4.78, 5) is 2.28. The average molecular weight is 239 g/mol. The molecule has 3 rings (SSSR count). The topological polar surface area (TPSA) is 23.5 Å². The Hall–Kier alpha value is -1.80. The molecule has 1 N–H and O–H groups in total. The van der Waals surface area contributed by atoms with Crippen LogP contribution in [0.5, 0.6) is 5.75 Å². The lowest BCUT2D eigenvalue weighted by molar-refractivity contribution is 0.322. The van der Waals surface area contributed by atoms with Gasteiger partial charge in [-0.3, -0.25) is 4.90 Å². The molecule has 2 nitrogen and oxygen atoms in total. The van der Waals surface area contributed by atoms with Gasteiger partial charge in [-0.25, -0.2) is 0 Å². The standard InChI is InChI=1S/C16H17NO/c1-11-3-5-15-12(7-11)9-17(2)10-13-8-14(18)4-6-16(13)15/h3-8,18H,9-10H2,1-2H3. The van der Waals surface area contributed by atoms with Gasteiger partial charge in [-0.2, -0.15) is 0 Å². The third-order valence-electron chi connectivity index (χ3n) is 3.52. The van der Waals surface area contributed by atoms with E-state index in [9.17, 15) is 5.11 Å². The average Bonchev–Trinajstić information content (AvgIpc) is 2.42. The highest BCUT2D eigenvalue weighted by Gasteiger charge is 2.17. The van der Waals surface area contributed by atoms with E-state index in [1.54, 1.807) is 6.07 Å². The number of nitrogens with zero attached hydrogens (tertiary/aromatic N) is 1. The van der Waals surface area contributed by atoms with Crippen molar-refractivity contribution in [3.8, 4) is 16.9 Å². The van der Waals surface area contributed by atoms with E-state index in [0.717, 1.165) is 13.1 Å². The predicted molar refractivity (Wildman–Crippen MR) is 73.5 cm³/mol. The maximum Gasteiger partial charge on any atom is 0.115 e. The van der Waals surface area contributed by atoms with Crippen LogP contribution in [0.1, 0.15) is 16.7 Å². The minimum absolute atomic E-state index is 0.345. The number of hydrogen-bond acceptors (Lipinski definition) is 2. The summed E-state index contributed by atoms with van der Waals surface area (Å²) in [6.07, 6.45) is 0. The smallest absolute Gasteiger partial charge is 0.115 e. The van der Waals surface area contributed by atoms with Gasteiger partial charge in [0.05, 0.1) is 0 Å². The zero-order valence-corrected chi connectivity index (χ0v) is 10.8. The monoisotopic (exact) mass is 239 g/mol. The van der Waals surface area contributed by atoms with Crippen LogP contribution in [0.25, 0.3) is 11.1 Å². The Morgan fingerprint density at radius 2 is 1.56 bits per heavy atom. The van der Waals surface area contributed by atoms with Crippen LogP contribution in [0.15, 0.2) is 36.4 Å². The van der Waals surface area contributed by atoms with Gasteiger partial charge in [0.15, 0.2) is 0 Å². The first-order chi connectivity index (χ1) is 8.63. The number of rotatable bonds is 0. The third-order valence-corrected chi connectivity index (χ3v) is 3.52. The van der Waals surface area contributed by atoms with Crippen molar-refractivity contribution in [2.24, 2.45) is 0 Å². The minimum atomic E-state index is 0.345. The summed E-state index contributed by atoms with van der Waals surface area (Å²) in [5.74, 6) is 0.345. The maximum absolute atomic E-state index is 9.64. The molecule has 0 fully saturated rings. The van der Waals surface area contributed by atoms with Crippen molar-refractivity contribution in [2.45, 2.75) is 20.0 Å². The molecule has 0 aliphatic carbocycles. The molecule has 0 spiro atoms. The molecule has 92 valence electrons. The van der Waals surface area contributed by atoms with Crippen molar-refractivity contribution >= 4 is 0 Å².